The number of pyridine rings is 1. The molecule has 1 rings (SSSR count). The lowest BCUT2D eigenvalue weighted by atomic mass is 10.3. The number of rotatable bonds is 2. The van der Waals surface area contributed by atoms with Gasteiger partial charge in [-0.1, -0.05) is 11.6 Å². The summed E-state index contributed by atoms with van der Waals surface area (Å²) in [6, 6.07) is 0.981. The molecule has 0 N–H and O–H groups in total. The zero-order chi connectivity index (χ0) is 10.1. The number of hydrogen-bond acceptors (Lipinski definition) is 3. The van der Waals surface area contributed by atoms with Crippen molar-refractivity contribution >= 4 is 31.3 Å². The molecule has 0 atom stereocenters. The number of hydrogen-bond donors (Lipinski definition) is 0. The molecule has 0 amide bonds. The Morgan fingerprint density at radius 3 is 2.69 bits per heavy atom. The minimum Gasteiger partial charge on any atom is -0.241 e. The second-order valence-electron chi connectivity index (χ2n) is 2.29. The minimum atomic E-state index is -3.74. The van der Waals surface area contributed by atoms with Crippen LogP contribution in [-0.4, -0.2) is 13.4 Å². The molecule has 7 heteroatoms. The van der Waals surface area contributed by atoms with E-state index in [0.717, 1.165) is 12.3 Å². The first kappa shape index (κ1) is 10.7. The predicted molar refractivity (Wildman–Crippen MR) is 47.7 cm³/mol. The maximum Gasteiger partial charge on any atom is 0.236 e. The average Bonchev–Trinajstić information content (AvgIpc) is 1.94. The first-order chi connectivity index (χ1) is 5.88. The van der Waals surface area contributed by atoms with Crippen LogP contribution in [0.4, 0.5) is 4.39 Å². The van der Waals surface area contributed by atoms with Crippen LogP contribution in [0.2, 0.25) is 5.15 Å². The van der Waals surface area contributed by atoms with Gasteiger partial charge in [-0.05, 0) is 6.07 Å². The van der Waals surface area contributed by atoms with Crippen LogP contribution in [-0.2, 0) is 14.8 Å². The van der Waals surface area contributed by atoms with E-state index in [-0.39, 0.29) is 10.7 Å². The molecule has 1 heterocycles. The Morgan fingerprint density at radius 2 is 2.15 bits per heavy atom. The van der Waals surface area contributed by atoms with Crippen LogP contribution in [0, 0.1) is 5.82 Å². The highest BCUT2D eigenvalue weighted by molar-refractivity contribution is 8.13. The molecule has 0 radical (unpaired) electrons. The summed E-state index contributed by atoms with van der Waals surface area (Å²) in [5.74, 6) is -1.18. The molecule has 0 spiro atoms. The fourth-order valence-electron chi connectivity index (χ4n) is 0.751. The molecule has 0 saturated carbocycles. The van der Waals surface area contributed by atoms with Crippen LogP contribution in [0.1, 0.15) is 5.56 Å². The van der Waals surface area contributed by atoms with Crippen LogP contribution in [0.15, 0.2) is 12.3 Å². The fraction of sp³-hybridized carbons (Fsp3) is 0.167. The monoisotopic (exact) mass is 243 g/mol. The molecular formula is C6H4Cl2FNO2S. The summed E-state index contributed by atoms with van der Waals surface area (Å²) in [6.07, 6.45) is 0.896. The maximum absolute atomic E-state index is 12.6. The van der Waals surface area contributed by atoms with Crippen molar-refractivity contribution < 1.29 is 12.8 Å². The van der Waals surface area contributed by atoms with Gasteiger partial charge in [0.05, 0.1) is 11.9 Å². The molecule has 1 aromatic rings. The first-order valence-electron chi connectivity index (χ1n) is 3.11. The molecule has 0 aliphatic rings. The van der Waals surface area contributed by atoms with Crippen molar-refractivity contribution in [2.45, 2.75) is 5.75 Å². The third-order valence-electron chi connectivity index (χ3n) is 1.21. The predicted octanol–water partition coefficient (Wildman–Crippen LogP) is 1.94. The van der Waals surface area contributed by atoms with Gasteiger partial charge in [0.2, 0.25) is 9.05 Å². The molecule has 72 valence electrons. The van der Waals surface area contributed by atoms with Gasteiger partial charge in [0.1, 0.15) is 11.0 Å². The summed E-state index contributed by atoms with van der Waals surface area (Å²) in [5.41, 5.74) is 0.0525. The summed E-state index contributed by atoms with van der Waals surface area (Å²) in [4.78, 5) is 3.43. The van der Waals surface area contributed by atoms with Gasteiger partial charge in [-0.25, -0.2) is 17.8 Å². The van der Waals surface area contributed by atoms with Gasteiger partial charge < -0.3 is 0 Å². The quantitative estimate of drug-likeness (QED) is 0.590. The summed E-state index contributed by atoms with van der Waals surface area (Å²) in [5, 5.41) is -0.0642. The highest BCUT2D eigenvalue weighted by Gasteiger charge is 2.12. The maximum atomic E-state index is 12.6. The van der Waals surface area contributed by atoms with Crippen LogP contribution in [0.25, 0.3) is 0 Å². The Balaban J connectivity index is 3.08. The number of nitrogens with zero attached hydrogens (tertiary/aromatic N) is 1. The van der Waals surface area contributed by atoms with Gasteiger partial charge in [0.15, 0.2) is 0 Å². The van der Waals surface area contributed by atoms with E-state index in [1.165, 1.54) is 0 Å². The highest BCUT2D eigenvalue weighted by atomic mass is 35.7. The average molecular weight is 244 g/mol. The van der Waals surface area contributed by atoms with Crippen molar-refractivity contribution in [1.82, 2.24) is 4.98 Å². The SMILES string of the molecule is O=S(=O)(Cl)Cc1cc(F)cnc1Cl. The van der Waals surface area contributed by atoms with Crippen molar-refractivity contribution in [3.63, 3.8) is 0 Å². The standard InChI is InChI=1S/C6H4Cl2FNO2S/c7-6-4(3-13(8,11)12)1-5(9)2-10-6/h1-2H,3H2. The van der Waals surface area contributed by atoms with Crippen LogP contribution in [0.3, 0.4) is 0 Å². The van der Waals surface area contributed by atoms with Gasteiger partial charge in [-0.15, -0.1) is 0 Å². The summed E-state index contributed by atoms with van der Waals surface area (Å²) in [6.45, 7) is 0. The molecule has 0 aliphatic heterocycles. The van der Waals surface area contributed by atoms with Crippen LogP contribution >= 0.6 is 22.3 Å². The van der Waals surface area contributed by atoms with E-state index in [2.05, 4.69) is 4.98 Å². The Labute approximate surface area is 83.9 Å². The van der Waals surface area contributed by atoms with E-state index < -0.39 is 20.6 Å². The second kappa shape index (κ2) is 3.77. The van der Waals surface area contributed by atoms with Crippen LogP contribution < -0.4 is 0 Å². The molecule has 0 fully saturated rings. The van der Waals surface area contributed by atoms with Gasteiger partial charge in [-0.3, -0.25) is 0 Å². The van der Waals surface area contributed by atoms with Crippen molar-refractivity contribution in [3.8, 4) is 0 Å². The molecular weight excluding hydrogens is 240 g/mol. The van der Waals surface area contributed by atoms with E-state index >= 15 is 0 Å². The van der Waals surface area contributed by atoms with E-state index in [1.54, 1.807) is 0 Å². The highest BCUT2D eigenvalue weighted by Crippen LogP contribution is 2.18. The normalized spacial score (nSPS) is 11.6. The Kier molecular flexibility index (Phi) is 3.10. The third kappa shape index (κ3) is 3.46. The van der Waals surface area contributed by atoms with Crippen molar-refractivity contribution in [2.75, 3.05) is 0 Å². The Bertz CT molecular complexity index is 421. The summed E-state index contributed by atoms with van der Waals surface area (Å²) in [7, 11) is 1.22. The molecule has 0 aromatic carbocycles. The van der Waals surface area contributed by atoms with Gasteiger partial charge >= 0.3 is 0 Å². The van der Waals surface area contributed by atoms with E-state index in [0.29, 0.717) is 0 Å². The third-order valence-corrected chi connectivity index (χ3v) is 2.53. The Morgan fingerprint density at radius 1 is 1.54 bits per heavy atom. The van der Waals surface area contributed by atoms with E-state index in [1.807, 2.05) is 0 Å². The molecule has 0 aliphatic carbocycles. The zero-order valence-electron chi connectivity index (χ0n) is 6.17. The smallest absolute Gasteiger partial charge is 0.236 e. The zero-order valence-corrected chi connectivity index (χ0v) is 8.50. The van der Waals surface area contributed by atoms with Crippen LogP contribution in [0.5, 0.6) is 0 Å². The fourth-order valence-corrected chi connectivity index (χ4v) is 1.95. The van der Waals surface area contributed by atoms with Gasteiger partial charge in [0.25, 0.3) is 0 Å². The number of halogens is 3. The molecule has 0 bridgehead atoms. The largest absolute Gasteiger partial charge is 0.241 e. The molecule has 13 heavy (non-hydrogen) atoms. The van der Waals surface area contributed by atoms with Crippen molar-refractivity contribution in [2.24, 2.45) is 0 Å². The minimum absolute atomic E-state index is 0.0525. The lowest BCUT2D eigenvalue weighted by Crippen LogP contribution is -1.98. The lowest BCUT2D eigenvalue weighted by molar-refractivity contribution is 0.607. The molecule has 0 saturated heterocycles. The first-order valence-corrected chi connectivity index (χ1v) is 5.96. The second-order valence-corrected chi connectivity index (χ2v) is 5.42. The molecule has 1 aromatic heterocycles. The molecule has 0 unspecified atom stereocenters. The number of aromatic nitrogens is 1. The van der Waals surface area contributed by atoms with E-state index in [9.17, 15) is 12.8 Å². The Hall–Kier alpha value is -0.390. The topological polar surface area (TPSA) is 47.0 Å². The molecule has 3 nitrogen and oxygen atoms in total. The van der Waals surface area contributed by atoms with Crippen molar-refractivity contribution in [1.29, 1.82) is 0 Å². The van der Waals surface area contributed by atoms with E-state index in [4.69, 9.17) is 22.3 Å². The van der Waals surface area contributed by atoms with Crippen molar-refractivity contribution in [3.05, 3.63) is 28.8 Å². The summed E-state index contributed by atoms with van der Waals surface area (Å²) < 4.78 is 33.8. The summed E-state index contributed by atoms with van der Waals surface area (Å²) >= 11 is 5.50. The van der Waals surface area contributed by atoms with Gasteiger partial charge in [-0.2, -0.15) is 0 Å². The lowest BCUT2D eigenvalue weighted by Gasteiger charge is -1.99. The van der Waals surface area contributed by atoms with Gasteiger partial charge in [0, 0.05) is 16.2 Å².